The summed E-state index contributed by atoms with van der Waals surface area (Å²) in [5.41, 5.74) is 3.08. The van der Waals surface area contributed by atoms with Gasteiger partial charge in [0.1, 0.15) is 28.6 Å². The van der Waals surface area contributed by atoms with Crippen molar-refractivity contribution in [2.75, 3.05) is 54.2 Å². The van der Waals surface area contributed by atoms with E-state index in [0.717, 1.165) is 29.2 Å². The number of carbonyl (C=O) groups is 4. The lowest BCUT2D eigenvalue weighted by Gasteiger charge is -2.13. The zero-order valence-electron chi connectivity index (χ0n) is 33.8. The van der Waals surface area contributed by atoms with Crippen LogP contribution in [0.1, 0.15) is 22.3 Å². The molecule has 60 heavy (non-hydrogen) atoms. The van der Waals surface area contributed by atoms with Crippen molar-refractivity contribution in [2.45, 2.75) is 19.3 Å². The molecule has 0 atom stereocenters. The highest BCUT2D eigenvalue weighted by atomic mass is 32.2. The first-order chi connectivity index (χ1) is 28.4. The second-order valence-corrected chi connectivity index (χ2v) is 15.8. The number of hydrogen-bond donors (Lipinski definition) is 0. The minimum atomic E-state index is -3.55. The summed E-state index contributed by atoms with van der Waals surface area (Å²) in [4.78, 5) is 46.9. The standard InChI is InChI=1S/C21H24O8S.C21H22O8S/c2*1-26-20(22)19(21(23)27-2)14-16-6-8-17(9-7-16)28-13-12-15-4-10-18(11-5-15)29-30(3,24)25/h4-11,19H,12-14H2,1-3H3;4-11,14H,12-13H2,1-3H3. The molecule has 0 amide bonds. The average molecular weight is 871 g/mol. The molecule has 16 nitrogen and oxygen atoms in total. The fraction of sp³-hybridized carbons (Fsp3) is 0.286. The van der Waals surface area contributed by atoms with Gasteiger partial charge in [-0.1, -0.05) is 48.5 Å². The van der Waals surface area contributed by atoms with E-state index in [1.165, 1.54) is 34.5 Å². The van der Waals surface area contributed by atoms with Gasteiger partial charge in [0.2, 0.25) is 0 Å². The largest absolute Gasteiger partial charge is 0.493 e. The summed E-state index contributed by atoms with van der Waals surface area (Å²) in [6.07, 6.45) is 4.75. The van der Waals surface area contributed by atoms with Gasteiger partial charge in [-0.3, -0.25) is 9.59 Å². The number of benzene rings is 4. The molecule has 0 aliphatic rings. The molecular weight excluding hydrogens is 825 g/mol. The average Bonchev–Trinajstić information content (AvgIpc) is 3.22. The first-order valence-corrected chi connectivity index (χ1v) is 21.5. The zero-order valence-corrected chi connectivity index (χ0v) is 35.4. The second-order valence-electron chi connectivity index (χ2n) is 12.6. The van der Waals surface area contributed by atoms with Crippen molar-refractivity contribution in [3.63, 3.8) is 0 Å². The van der Waals surface area contributed by atoms with Gasteiger partial charge in [-0.05, 0) is 83.3 Å². The Balaban J connectivity index is 0.000000320. The Labute approximate surface area is 349 Å². The maximum atomic E-state index is 11.8. The molecule has 0 N–H and O–H groups in total. The number of rotatable bonds is 19. The highest BCUT2D eigenvalue weighted by molar-refractivity contribution is 7.86. The Kier molecular flexibility index (Phi) is 18.6. The van der Waals surface area contributed by atoms with Crippen LogP contribution in [-0.4, -0.2) is 94.9 Å². The van der Waals surface area contributed by atoms with Crippen molar-refractivity contribution in [3.05, 3.63) is 125 Å². The Hall–Kier alpha value is -6.40. The van der Waals surface area contributed by atoms with Crippen LogP contribution in [0, 0.1) is 5.92 Å². The van der Waals surface area contributed by atoms with Crippen LogP contribution in [0.15, 0.2) is 103 Å². The normalized spacial score (nSPS) is 10.8. The molecule has 18 heteroatoms. The van der Waals surface area contributed by atoms with E-state index < -0.39 is 50.0 Å². The van der Waals surface area contributed by atoms with Gasteiger partial charge < -0.3 is 36.8 Å². The van der Waals surface area contributed by atoms with Gasteiger partial charge in [-0.2, -0.15) is 16.8 Å². The molecule has 0 spiro atoms. The third-order valence-electron chi connectivity index (χ3n) is 8.00. The third kappa shape index (κ3) is 17.2. The van der Waals surface area contributed by atoms with E-state index in [4.69, 9.17) is 17.8 Å². The quantitative estimate of drug-likeness (QED) is 0.0317. The van der Waals surface area contributed by atoms with Crippen LogP contribution in [-0.2, 0) is 77.6 Å². The van der Waals surface area contributed by atoms with E-state index in [1.54, 1.807) is 97.1 Å². The number of ether oxygens (including phenoxy) is 6. The first-order valence-electron chi connectivity index (χ1n) is 17.9. The second kappa shape index (κ2) is 23.3. The molecule has 0 heterocycles. The Morgan fingerprint density at radius 1 is 0.500 bits per heavy atom. The number of carbonyl (C=O) groups excluding carboxylic acids is 4. The summed E-state index contributed by atoms with van der Waals surface area (Å²) >= 11 is 0. The molecule has 0 saturated carbocycles. The Bertz CT molecular complexity index is 2250. The lowest BCUT2D eigenvalue weighted by Crippen LogP contribution is -2.28. The summed E-state index contributed by atoms with van der Waals surface area (Å²) in [7, 11) is -2.28. The molecule has 0 unspecified atom stereocenters. The van der Waals surface area contributed by atoms with Gasteiger partial charge >= 0.3 is 44.1 Å². The predicted octanol–water partition coefficient (Wildman–Crippen LogP) is 4.53. The van der Waals surface area contributed by atoms with Crippen LogP contribution < -0.4 is 17.8 Å². The van der Waals surface area contributed by atoms with Crippen LogP contribution in [0.4, 0.5) is 0 Å². The molecule has 0 aliphatic heterocycles. The van der Waals surface area contributed by atoms with E-state index in [0.29, 0.717) is 43.1 Å². The Morgan fingerprint density at radius 2 is 0.850 bits per heavy atom. The summed E-state index contributed by atoms with van der Waals surface area (Å²) in [6.45, 7) is 0.815. The molecule has 322 valence electrons. The maximum Gasteiger partial charge on any atom is 0.345 e. The van der Waals surface area contributed by atoms with E-state index in [2.05, 4.69) is 18.9 Å². The molecule has 0 aromatic heterocycles. The minimum Gasteiger partial charge on any atom is -0.493 e. The van der Waals surface area contributed by atoms with Gasteiger partial charge in [0.05, 0.1) is 54.2 Å². The molecule has 0 radical (unpaired) electrons. The molecule has 4 rings (SSSR count). The lowest BCUT2D eigenvalue weighted by molar-refractivity contribution is -0.158. The molecule has 0 saturated heterocycles. The van der Waals surface area contributed by atoms with E-state index in [9.17, 15) is 36.0 Å². The fourth-order valence-electron chi connectivity index (χ4n) is 5.10. The molecular formula is C42H46O16S2. The van der Waals surface area contributed by atoms with E-state index >= 15 is 0 Å². The lowest BCUT2D eigenvalue weighted by atomic mass is 9.99. The van der Waals surface area contributed by atoms with Gasteiger partial charge in [0.15, 0.2) is 5.92 Å². The number of esters is 4. The summed E-state index contributed by atoms with van der Waals surface area (Å²) in [6, 6.07) is 27.3. The molecule has 0 aliphatic carbocycles. The van der Waals surface area contributed by atoms with Crippen molar-refractivity contribution in [1.29, 1.82) is 0 Å². The van der Waals surface area contributed by atoms with Crippen LogP contribution in [0.2, 0.25) is 0 Å². The minimum absolute atomic E-state index is 0.168. The van der Waals surface area contributed by atoms with Gasteiger partial charge in [0, 0.05) is 12.8 Å². The number of hydrogen-bond acceptors (Lipinski definition) is 16. The van der Waals surface area contributed by atoms with Gasteiger partial charge in [-0.15, -0.1) is 0 Å². The fourth-order valence-corrected chi connectivity index (χ4v) is 6.02. The van der Waals surface area contributed by atoms with Gasteiger partial charge in [-0.25, -0.2) is 9.59 Å². The molecule has 4 aromatic rings. The monoisotopic (exact) mass is 870 g/mol. The van der Waals surface area contributed by atoms with Crippen LogP contribution in [0.3, 0.4) is 0 Å². The van der Waals surface area contributed by atoms with Crippen molar-refractivity contribution in [3.8, 4) is 23.0 Å². The molecule has 0 fully saturated rings. The topological polar surface area (TPSA) is 210 Å². The van der Waals surface area contributed by atoms with Crippen LogP contribution in [0.5, 0.6) is 23.0 Å². The Morgan fingerprint density at radius 3 is 1.20 bits per heavy atom. The van der Waals surface area contributed by atoms with Crippen molar-refractivity contribution < 1.29 is 72.8 Å². The summed E-state index contributed by atoms with van der Waals surface area (Å²) in [5, 5.41) is 0. The van der Waals surface area contributed by atoms with Crippen molar-refractivity contribution in [1.82, 2.24) is 0 Å². The molecule has 0 bridgehead atoms. The van der Waals surface area contributed by atoms with Crippen molar-refractivity contribution >= 4 is 50.2 Å². The van der Waals surface area contributed by atoms with E-state index in [1.807, 2.05) is 0 Å². The molecule has 4 aromatic carbocycles. The predicted molar refractivity (Wildman–Crippen MR) is 218 cm³/mol. The highest BCUT2D eigenvalue weighted by Gasteiger charge is 2.28. The zero-order chi connectivity index (χ0) is 44.3. The van der Waals surface area contributed by atoms with Crippen LogP contribution in [0.25, 0.3) is 6.08 Å². The SMILES string of the molecule is COC(=O)C(=Cc1ccc(OCCc2ccc(OS(C)(=O)=O)cc2)cc1)C(=O)OC.COC(=O)C(Cc1ccc(OCCc2ccc(OS(C)(=O)=O)cc2)cc1)C(=O)OC. The highest BCUT2D eigenvalue weighted by Crippen LogP contribution is 2.20. The summed E-state index contributed by atoms with van der Waals surface area (Å²) < 4.78 is 83.9. The van der Waals surface area contributed by atoms with Gasteiger partial charge in [0.25, 0.3) is 0 Å². The van der Waals surface area contributed by atoms with Crippen molar-refractivity contribution in [2.24, 2.45) is 5.92 Å². The van der Waals surface area contributed by atoms with E-state index in [-0.39, 0.29) is 23.5 Å². The summed E-state index contributed by atoms with van der Waals surface area (Å²) in [5.74, 6) is -2.10. The first kappa shape index (κ1) is 48.0. The smallest absolute Gasteiger partial charge is 0.345 e. The third-order valence-corrected chi connectivity index (χ3v) is 8.99. The number of methoxy groups -OCH3 is 4. The maximum absolute atomic E-state index is 11.8. The van der Waals surface area contributed by atoms with Crippen LogP contribution >= 0.6 is 0 Å².